The number of carbonyl (C=O) groups excluding carboxylic acids is 2. The van der Waals surface area contributed by atoms with Gasteiger partial charge in [0, 0.05) is 16.3 Å². The van der Waals surface area contributed by atoms with Crippen LogP contribution in [0.3, 0.4) is 0 Å². The van der Waals surface area contributed by atoms with E-state index in [2.05, 4.69) is 26.0 Å². The van der Waals surface area contributed by atoms with E-state index < -0.39 is 11.9 Å². The summed E-state index contributed by atoms with van der Waals surface area (Å²) < 4.78 is 5.41. The van der Waals surface area contributed by atoms with Gasteiger partial charge in [-0.1, -0.05) is 15.9 Å². The third-order valence-electron chi connectivity index (χ3n) is 1.56. The molecule has 0 aromatic heterocycles. The molecule has 0 saturated carbocycles. The fourth-order valence-corrected chi connectivity index (χ4v) is 1.37. The van der Waals surface area contributed by atoms with Gasteiger partial charge in [-0.2, -0.15) is 0 Å². The number of amides is 1. The molecule has 82 valence electrons. The fourth-order valence-electron chi connectivity index (χ4n) is 1.01. The van der Waals surface area contributed by atoms with Gasteiger partial charge in [0.25, 0.3) is 5.91 Å². The topological polar surface area (TPSA) is 92.1 Å². The molecule has 1 rings (SSSR count). The molecule has 7 heteroatoms. The lowest BCUT2D eigenvalue weighted by atomic mass is 10.2. The number of rotatable bonds is 2. The predicted octanol–water partition coefficient (Wildman–Crippen LogP) is 2.82. The summed E-state index contributed by atoms with van der Waals surface area (Å²) in [7, 11) is 0. The number of benzene rings is 1. The van der Waals surface area contributed by atoms with Gasteiger partial charge in [0.05, 0.1) is 5.56 Å². The summed E-state index contributed by atoms with van der Waals surface area (Å²) in [5.74, 6) is -1.30. The van der Waals surface area contributed by atoms with Crippen LogP contribution in [0.1, 0.15) is 17.3 Å². The molecular formula is C9H6BrN3O3. The van der Waals surface area contributed by atoms with Gasteiger partial charge in [-0.3, -0.25) is 9.59 Å². The van der Waals surface area contributed by atoms with Crippen LogP contribution in [0.25, 0.3) is 10.4 Å². The van der Waals surface area contributed by atoms with Gasteiger partial charge in [-0.05, 0) is 28.8 Å². The van der Waals surface area contributed by atoms with Crippen molar-refractivity contribution in [1.29, 1.82) is 0 Å². The number of hydrogen-bond acceptors (Lipinski definition) is 3. The third kappa shape index (κ3) is 3.08. The van der Waals surface area contributed by atoms with E-state index in [-0.39, 0.29) is 11.3 Å². The lowest BCUT2D eigenvalue weighted by molar-refractivity contribution is -0.131. The van der Waals surface area contributed by atoms with Gasteiger partial charge in [-0.15, -0.1) is 0 Å². The maximum atomic E-state index is 11.4. The Labute approximate surface area is 99.0 Å². The van der Waals surface area contributed by atoms with Crippen molar-refractivity contribution in [3.63, 3.8) is 0 Å². The maximum Gasteiger partial charge on any atom is 0.308 e. The van der Waals surface area contributed by atoms with Gasteiger partial charge in [0.2, 0.25) is 0 Å². The standard InChI is InChI=1S/C9H6BrN3O3/c1-5(14)16-8-3-2-6(10)4-7(8)9(15)12-13-11/h2-4H,1H3. The van der Waals surface area contributed by atoms with Gasteiger partial charge >= 0.3 is 5.97 Å². The van der Waals surface area contributed by atoms with Crippen LogP contribution in [0.5, 0.6) is 5.75 Å². The number of halogens is 1. The number of azide groups is 1. The van der Waals surface area contributed by atoms with Crippen molar-refractivity contribution in [1.82, 2.24) is 0 Å². The molecule has 0 fully saturated rings. The number of carbonyl (C=O) groups is 2. The average Bonchev–Trinajstić information content (AvgIpc) is 2.20. The van der Waals surface area contributed by atoms with Crippen LogP contribution in [-0.2, 0) is 4.79 Å². The molecule has 0 aliphatic rings. The second kappa shape index (κ2) is 5.29. The quantitative estimate of drug-likeness (QED) is 0.275. The summed E-state index contributed by atoms with van der Waals surface area (Å²) >= 11 is 3.15. The Morgan fingerprint density at radius 1 is 1.50 bits per heavy atom. The zero-order chi connectivity index (χ0) is 12.1. The second-order valence-electron chi connectivity index (χ2n) is 2.73. The molecular weight excluding hydrogens is 278 g/mol. The molecule has 16 heavy (non-hydrogen) atoms. The molecule has 0 radical (unpaired) electrons. The SMILES string of the molecule is CC(=O)Oc1ccc(Br)cc1C(=O)N=[N+]=[N-]. The van der Waals surface area contributed by atoms with Crippen LogP contribution in [0.15, 0.2) is 27.8 Å². The Morgan fingerprint density at radius 3 is 2.75 bits per heavy atom. The summed E-state index contributed by atoms with van der Waals surface area (Å²) in [5.41, 5.74) is 8.19. The molecule has 1 aromatic rings. The lowest BCUT2D eigenvalue weighted by Gasteiger charge is -2.05. The number of esters is 1. The Kier molecular flexibility index (Phi) is 4.04. The van der Waals surface area contributed by atoms with Crippen LogP contribution >= 0.6 is 15.9 Å². The molecule has 0 saturated heterocycles. The first-order valence-corrected chi connectivity index (χ1v) is 4.91. The number of nitrogens with zero attached hydrogens (tertiary/aromatic N) is 3. The predicted molar refractivity (Wildman–Crippen MR) is 58.9 cm³/mol. The summed E-state index contributed by atoms with van der Waals surface area (Å²) in [4.78, 5) is 24.5. The molecule has 0 bridgehead atoms. The van der Waals surface area contributed by atoms with E-state index >= 15 is 0 Å². The Morgan fingerprint density at radius 2 is 2.19 bits per heavy atom. The summed E-state index contributed by atoms with van der Waals surface area (Å²) in [5, 5.41) is 2.93. The van der Waals surface area contributed by atoms with Crippen molar-refractivity contribution >= 4 is 27.8 Å². The van der Waals surface area contributed by atoms with Crippen molar-refractivity contribution in [2.24, 2.45) is 5.11 Å². The highest BCUT2D eigenvalue weighted by molar-refractivity contribution is 9.10. The molecule has 1 amide bonds. The minimum atomic E-state index is -0.806. The van der Waals surface area contributed by atoms with Crippen molar-refractivity contribution in [3.05, 3.63) is 38.7 Å². The van der Waals surface area contributed by atoms with Crippen molar-refractivity contribution in [3.8, 4) is 5.75 Å². The molecule has 0 aliphatic heterocycles. The van der Waals surface area contributed by atoms with E-state index in [1.54, 1.807) is 6.07 Å². The van der Waals surface area contributed by atoms with Crippen molar-refractivity contribution in [2.75, 3.05) is 0 Å². The van der Waals surface area contributed by atoms with Crippen LogP contribution in [0.2, 0.25) is 0 Å². The zero-order valence-electron chi connectivity index (χ0n) is 8.18. The fraction of sp³-hybridized carbons (Fsp3) is 0.111. The van der Waals surface area contributed by atoms with Crippen molar-refractivity contribution in [2.45, 2.75) is 6.92 Å². The minimum absolute atomic E-state index is 0.0300. The van der Waals surface area contributed by atoms with Gasteiger partial charge in [0.15, 0.2) is 0 Å². The largest absolute Gasteiger partial charge is 0.426 e. The van der Waals surface area contributed by atoms with E-state index in [4.69, 9.17) is 10.3 Å². The summed E-state index contributed by atoms with van der Waals surface area (Å²) in [6.45, 7) is 1.21. The molecule has 6 nitrogen and oxygen atoms in total. The number of hydrogen-bond donors (Lipinski definition) is 0. The molecule has 0 aliphatic carbocycles. The first-order chi connectivity index (χ1) is 7.54. The zero-order valence-corrected chi connectivity index (χ0v) is 9.76. The summed E-state index contributed by atoms with van der Waals surface area (Å²) in [6.07, 6.45) is 0. The van der Waals surface area contributed by atoms with Crippen LogP contribution in [0, 0.1) is 0 Å². The Bertz CT molecular complexity index is 495. The van der Waals surface area contributed by atoms with E-state index in [1.165, 1.54) is 19.1 Å². The number of ether oxygens (including phenoxy) is 1. The Balaban J connectivity index is 3.22. The average molecular weight is 284 g/mol. The molecule has 0 N–H and O–H groups in total. The maximum absolute atomic E-state index is 11.4. The molecule has 0 unspecified atom stereocenters. The Hall–Kier alpha value is -1.85. The highest BCUT2D eigenvalue weighted by Crippen LogP contribution is 2.24. The first kappa shape index (κ1) is 12.2. The van der Waals surface area contributed by atoms with Crippen molar-refractivity contribution < 1.29 is 14.3 Å². The van der Waals surface area contributed by atoms with Crippen LogP contribution in [-0.4, -0.2) is 11.9 Å². The molecule has 1 aromatic carbocycles. The first-order valence-electron chi connectivity index (χ1n) is 4.12. The van der Waals surface area contributed by atoms with Gasteiger partial charge in [0.1, 0.15) is 5.75 Å². The molecule has 0 heterocycles. The minimum Gasteiger partial charge on any atom is -0.426 e. The van der Waals surface area contributed by atoms with Gasteiger partial charge in [-0.25, -0.2) is 0 Å². The monoisotopic (exact) mass is 283 g/mol. The van der Waals surface area contributed by atoms with E-state index in [0.29, 0.717) is 4.47 Å². The molecule has 0 atom stereocenters. The van der Waals surface area contributed by atoms with Crippen LogP contribution in [0.4, 0.5) is 0 Å². The van der Waals surface area contributed by atoms with E-state index in [1.807, 2.05) is 0 Å². The molecule has 0 spiro atoms. The lowest BCUT2D eigenvalue weighted by Crippen LogP contribution is -2.06. The van der Waals surface area contributed by atoms with Gasteiger partial charge < -0.3 is 4.74 Å². The second-order valence-corrected chi connectivity index (χ2v) is 3.64. The highest BCUT2D eigenvalue weighted by Gasteiger charge is 2.13. The van der Waals surface area contributed by atoms with E-state index in [9.17, 15) is 9.59 Å². The third-order valence-corrected chi connectivity index (χ3v) is 2.05. The normalized spacial score (nSPS) is 9.12. The van der Waals surface area contributed by atoms with Crippen LogP contribution < -0.4 is 4.74 Å². The van der Waals surface area contributed by atoms with E-state index in [0.717, 1.165) is 0 Å². The summed E-state index contributed by atoms with van der Waals surface area (Å²) in [6, 6.07) is 4.45. The highest BCUT2D eigenvalue weighted by atomic mass is 79.9. The smallest absolute Gasteiger partial charge is 0.308 e.